The Labute approximate surface area is 135 Å². The third-order valence-electron chi connectivity index (χ3n) is 3.31. The average Bonchev–Trinajstić information content (AvgIpc) is 2.60. The quantitative estimate of drug-likeness (QED) is 0.681. The van der Waals surface area contributed by atoms with E-state index < -0.39 is 5.91 Å². The number of carbonyl (C=O) groups is 1. The van der Waals surface area contributed by atoms with Crippen molar-refractivity contribution >= 4 is 12.0 Å². The van der Waals surface area contributed by atoms with Gasteiger partial charge in [0.25, 0.3) is 5.91 Å². The highest BCUT2D eigenvalue weighted by atomic mass is 16.5. The predicted octanol–water partition coefficient (Wildman–Crippen LogP) is 2.87. The molecule has 0 aliphatic heterocycles. The number of benzene rings is 1. The normalized spacial score (nSPS) is 12.1. The lowest BCUT2D eigenvalue weighted by Gasteiger charge is -2.13. The maximum absolute atomic E-state index is 12.3. The molecule has 0 saturated carbocycles. The molecule has 0 fully saturated rings. The number of hydrogen-bond acceptors (Lipinski definition) is 4. The minimum Gasteiger partial charge on any atom is -0.481 e. The van der Waals surface area contributed by atoms with Crippen LogP contribution in [0.25, 0.3) is 6.08 Å². The number of rotatable bonds is 5. The van der Waals surface area contributed by atoms with Crippen LogP contribution in [0.15, 0.2) is 54.2 Å². The molecular formula is C18H17N3O2. The lowest BCUT2D eigenvalue weighted by atomic mass is 10.1. The van der Waals surface area contributed by atoms with E-state index in [9.17, 15) is 10.1 Å². The van der Waals surface area contributed by atoms with Gasteiger partial charge in [-0.05, 0) is 30.7 Å². The molecule has 23 heavy (non-hydrogen) atoms. The van der Waals surface area contributed by atoms with Gasteiger partial charge in [0.1, 0.15) is 11.6 Å². The van der Waals surface area contributed by atoms with Gasteiger partial charge < -0.3 is 10.1 Å². The van der Waals surface area contributed by atoms with E-state index in [1.807, 2.05) is 43.3 Å². The van der Waals surface area contributed by atoms with E-state index in [4.69, 9.17) is 4.74 Å². The fourth-order valence-electron chi connectivity index (χ4n) is 2.09. The Morgan fingerprint density at radius 1 is 1.30 bits per heavy atom. The Bertz CT molecular complexity index is 748. The van der Waals surface area contributed by atoms with Crippen LogP contribution in [0.4, 0.5) is 0 Å². The number of nitrogens with zero attached hydrogens (tertiary/aromatic N) is 2. The minimum atomic E-state index is -0.435. The molecular weight excluding hydrogens is 290 g/mol. The molecule has 1 heterocycles. The Morgan fingerprint density at radius 2 is 2.04 bits per heavy atom. The number of nitrogens with one attached hydrogen (secondary N) is 1. The van der Waals surface area contributed by atoms with Crippen molar-refractivity contribution in [3.63, 3.8) is 0 Å². The molecule has 1 N–H and O–H groups in total. The number of hydrogen-bond donors (Lipinski definition) is 1. The summed E-state index contributed by atoms with van der Waals surface area (Å²) in [5, 5.41) is 12.1. The third-order valence-corrected chi connectivity index (χ3v) is 3.31. The number of amides is 1. The highest BCUT2D eigenvalue weighted by Crippen LogP contribution is 2.18. The van der Waals surface area contributed by atoms with Gasteiger partial charge in [0, 0.05) is 11.8 Å². The molecule has 1 aromatic carbocycles. The molecule has 1 aromatic heterocycles. The van der Waals surface area contributed by atoms with E-state index in [0.29, 0.717) is 11.4 Å². The molecule has 116 valence electrons. The minimum absolute atomic E-state index is 0.000851. The zero-order valence-electron chi connectivity index (χ0n) is 13.0. The summed E-state index contributed by atoms with van der Waals surface area (Å²) in [6.07, 6.45) is 3.05. The second-order valence-electron chi connectivity index (χ2n) is 4.88. The van der Waals surface area contributed by atoms with Crippen LogP contribution in [-0.2, 0) is 4.79 Å². The van der Waals surface area contributed by atoms with Gasteiger partial charge in [-0.15, -0.1) is 0 Å². The lowest BCUT2D eigenvalue weighted by Crippen LogP contribution is -2.27. The van der Waals surface area contributed by atoms with Crippen LogP contribution >= 0.6 is 0 Å². The first kappa shape index (κ1) is 16.2. The van der Waals surface area contributed by atoms with Crippen molar-refractivity contribution in [2.45, 2.75) is 13.0 Å². The van der Waals surface area contributed by atoms with Crippen LogP contribution in [0.5, 0.6) is 5.88 Å². The highest BCUT2D eigenvalue weighted by Gasteiger charge is 2.14. The van der Waals surface area contributed by atoms with Crippen LogP contribution in [0.1, 0.15) is 24.1 Å². The van der Waals surface area contributed by atoms with Crippen molar-refractivity contribution in [3.8, 4) is 11.9 Å². The van der Waals surface area contributed by atoms with Crippen LogP contribution in [0.2, 0.25) is 0 Å². The number of ether oxygens (including phenoxy) is 1. The summed E-state index contributed by atoms with van der Waals surface area (Å²) in [7, 11) is 1.49. The highest BCUT2D eigenvalue weighted by molar-refractivity contribution is 6.02. The number of pyridine rings is 1. The molecule has 5 heteroatoms. The van der Waals surface area contributed by atoms with Crippen LogP contribution < -0.4 is 10.1 Å². The summed E-state index contributed by atoms with van der Waals surface area (Å²) in [5.74, 6) is -0.0704. The number of methoxy groups -OCH3 is 1. The molecule has 0 bridgehead atoms. The van der Waals surface area contributed by atoms with Crippen molar-refractivity contribution in [2.24, 2.45) is 0 Å². The first-order valence-electron chi connectivity index (χ1n) is 7.12. The molecule has 2 aromatic rings. The summed E-state index contributed by atoms with van der Waals surface area (Å²) >= 11 is 0. The van der Waals surface area contributed by atoms with Crippen LogP contribution in [0.3, 0.4) is 0 Å². The van der Waals surface area contributed by atoms with E-state index in [1.165, 1.54) is 13.2 Å². The van der Waals surface area contributed by atoms with Crippen molar-refractivity contribution in [2.75, 3.05) is 7.11 Å². The molecule has 0 unspecified atom stereocenters. The molecule has 2 rings (SSSR count). The van der Waals surface area contributed by atoms with E-state index in [-0.39, 0.29) is 11.6 Å². The number of nitriles is 1. The fourth-order valence-corrected chi connectivity index (χ4v) is 2.09. The topological polar surface area (TPSA) is 75.0 Å². The van der Waals surface area contributed by atoms with E-state index in [2.05, 4.69) is 10.3 Å². The fraction of sp³-hybridized carbons (Fsp3) is 0.167. The Morgan fingerprint density at radius 3 is 2.70 bits per heavy atom. The summed E-state index contributed by atoms with van der Waals surface area (Å²) in [4.78, 5) is 16.3. The first-order valence-corrected chi connectivity index (χ1v) is 7.12. The summed E-state index contributed by atoms with van der Waals surface area (Å²) in [5.41, 5.74) is 1.55. The largest absolute Gasteiger partial charge is 0.481 e. The van der Waals surface area contributed by atoms with Gasteiger partial charge in [-0.25, -0.2) is 4.98 Å². The Hall–Kier alpha value is -3.13. The molecule has 0 spiro atoms. The molecule has 0 aliphatic rings. The number of carbonyl (C=O) groups excluding carboxylic acids is 1. The van der Waals surface area contributed by atoms with Crippen molar-refractivity contribution in [1.29, 1.82) is 5.26 Å². The Kier molecular flexibility index (Phi) is 5.48. The second-order valence-corrected chi connectivity index (χ2v) is 4.88. The summed E-state index contributed by atoms with van der Waals surface area (Å²) in [6.45, 7) is 1.87. The van der Waals surface area contributed by atoms with E-state index >= 15 is 0 Å². The van der Waals surface area contributed by atoms with Gasteiger partial charge in [-0.3, -0.25) is 4.79 Å². The van der Waals surface area contributed by atoms with Gasteiger partial charge in [-0.2, -0.15) is 5.26 Å². The van der Waals surface area contributed by atoms with Crippen LogP contribution in [0, 0.1) is 11.3 Å². The molecule has 0 saturated heterocycles. The van der Waals surface area contributed by atoms with Gasteiger partial charge in [-0.1, -0.05) is 30.3 Å². The van der Waals surface area contributed by atoms with Crippen molar-refractivity contribution < 1.29 is 9.53 Å². The Balaban J connectivity index is 2.19. The SMILES string of the molecule is COc1ncccc1/C=C(\C#N)C(=O)N[C@@H](C)c1ccccc1. The van der Waals surface area contributed by atoms with Gasteiger partial charge >= 0.3 is 0 Å². The third kappa shape index (κ3) is 4.17. The molecule has 0 aliphatic carbocycles. The monoisotopic (exact) mass is 307 g/mol. The maximum Gasteiger partial charge on any atom is 0.262 e. The van der Waals surface area contributed by atoms with Crippen LogP contribution in [-0.4, -0.2) is 18.0 Å². The molecule has 1 amide bonds. The average molecular weight is 307 g/mol. The van der Waals surface area contributed by atoms with Gasteiger partial charge in [0.15, 0.2) is 0 Å². The zero-order valence-corrected chi connectivity index (χ0v) is 13.0. The lowest BCUT2D eigenvalue weighted by molar-refractivity contribution is -0.117. The molecule has 5 nitrogen and oxygen atoms in total. The maximum atomic E-state index is 12.3. The molecule has 0 radical (unpaired) electrons. The van der Waals surface area contributed by atoms with E-state index in [1.54, 1.807) is 18.3 Å². The van der Waals surface area contributed by atoms with Gasteiger partial charge in [0.2, 0.25) is 5.88 Å². The summed E-state index contributed by atoms with van der Waals surface area (Å²) in [6, 6.07) is 14.7. The van der Waals surface area contributed by atoms with Crippen molar-refractivity contribution in [1.82, 2.24) is 10.3 Å². The first-order chi connectivity index (χ1) is 11.2. The standard InChI is InChI=1S/C18H17N3O2/c1-13(14-7-4-3-5-8-14)21-17(22)16(12-19)11-15-9-6-10-20-18(15)23-2/h3-11,13H,1-2H3,(H,21,22)/b16-11+/t13-/m0/s1. The number of aromatic nitrogens is 1. The summed E-state index contributed by atoms with van der Waals surface area (Å²) < 4.78 is 5.12. The van der Waals surface area contributed by atoms with Crippen molar-refractivity contribution in [3.05, 3.63) is 65.4 Å². The second kappa shape index (κ2) is 7.76. The van der Waals surface area contributed by atoms with Gasteiger partial charge in [0.05, 0.1) is 13.2 Å². The zero-order chi connectivity index (χ0) is 16.7. The van der Waals surface area contributed by atoms with E-state index in [0.717, 1.165) is 5.56 Å². The molecule has 1 atom stereocenters. The smallest absolute Gasteiger partial charge is 0.262 e. The predicted molar refractivity (Wildman–Crippen MR) is 87.4 cm³/mol.